The van der Waals surface area contributed by atoms with Gasteiger partial charge in [0.2, 0.25) is 0 Å². The van der Waals surface area contributed by atoms with Crippen LogP contribution in [0.5, 0.6) is 5.75 Å². The third-order valence-corrected chi connectivity index (χ3v) is 4.74. The van der Waals surface area contributed by atoms with Gasteiger partial charge >= 0.3 is 11.9 Å². The number of hydrogen-bond donors (Lipinski definition) is 1. The number of rotatable bonds is 4. The number of carbonyl (C=O) groups excluding carboxylic acids is 3. The molecule has 1 N–H and O–H groups in total. The van der Waals surface area contributed by atoms with Crippen LogP contribution in [0.1, 0.15) is 27.0 Å². The van der Waals surface area contributed by atoms with Gasteiger partial charge in [0.15, 0.2) is 6.61 Å². The predicted molar refractivity (Wildman–Crippen MR) is 99.6 cm³/mol. The summed E-state index contributed by atoms with van der Waals surface area (Å²) in [6.07, 6.45) is 0.335. The molecule has 1 heterocycles. The van der Waals surface area contributed by atoms with Crippen LogP contribution in [0.2, 0.25) is 0 Å². The molecule has 2 aromatic carbocycles. The van der Waals surface area contributed by atoms with Gasteiger partial charge in [0, 0.05) is 13.0 Å². The Hall–Kier alpha value is -3.35. The fourth-order valence-corrected chi connectivity index (χ4v) is 3.23. The summed E-state index contributed by atoms with van der Waals surface area (Å²) in [7, 11) is 1.27. The highest BCUT2D eigenvalue weighted by Crippen LogP contribution is 2.24. The average Bonchev–Trinajstić information content (AvgIpc) is 2.71. The maximum atomic E-state index is 12.7. The lowest BCUT2D eigenvalue weighted by molar-refractivity contribution is -0.155. The lowest BCUT2D eigenvalue weighted by Crippen LogP contribution is -2.50. The first kappa shape index (κ1) is 19.4. The number of aryl methyl sites for hydroxylation is 1. The van der Waals surface area contributed by atoms with Gasteiger partial charge in [-0.3, -0.25) is 4.79 Å². The molecule has 0 radical (unpaired) electrons. The molecular formula is C21H21NO6. The largest absolute Gasteiger partial charge is 0.507 e. The number of esters is 2. The van der Waals surface area contributed by atoms with Crippen molar-refractivity contribution >= 4 is 17.8 Å². The molecule has 0 bridgehead atoms. The van der Waals surface area contributed by atoms with Crippen LogP contribution in [0.15, 0.2) is 42.5 Å². The molecule has 1 aliphatic heterocycles. The Morgan fingerprint density at radius 1 is 1.14 bits per heavy atom. The summed E-state index contributed by atoms with van der Waals surface area (Å²) in [5, 5.41) is 9.82. The van der Waals surface area contributed by atoms with Crippen molar-refractivity contribution in [2.75, 3.05) is 13.7 Å². The van der Waals surface area contributed by atoms with E-state index in [1.54, 1.807) is 13.0 Å². The molecule has 7 heteroatoms. The first-order valence-electron chi connectivity index (χ1n) is 8.81. The fourth-order valence-electron chi connectivity index (χ4n) is 3.23. The third-order valence-electron chi connectivity index (χ3n) is 4.74. The van der Waals surface area contributed by atoms with Crippen LogP contribution in [0.4, 0.5) is 0 Å². The minimum atomic E-state index is -0.804. The first-order chi connectivity index (χ1) is 13.4. The molecule has 28 heavy (non-hydrogen) atoms. The number of phenolic OH excluding ortho intramolecular Hbond substituents is 1. The van der Waals surface area contributed by atoms with E-state index in [1.165, 1.54) is 24.1 Å². The van der Waals surface area contributed by atoms with Gasteiger partial charge in [-0.25, -0.2) is 9.59 Å². The summed E-state index contributed by atoms with van der Waals surface area (Å²) < 4.78 is 9.92. The Morgan fingerprint density at radius 2 is 1.86 bits per heavy atom. The van der Waals surface area contributed by atoms with Gasteiger partial charge in [-0.2, -0.15) is 0 Å². The van der Waals surface area contributed by atoms with Crippen molar-refractivity contribution in [1.82, 2.24) is 4.90 Å². The molecule has 7 nitrogen and oxygen atoms in total. The highest BCUT2D eigenvalue weighted by atomic mass is 16.5. The van der Waals surface area contributed by atoms with Gasteiger partial charge in [-0.15, -0.1) is 0 Å². The van der Waals surface area contributed by atoms with Crippen LogP contribution < -0.4 is 0 Å². The molecule has 0 spiro atoms. The second-order valence-electron chi connectivity index (χ2n) is 6.63. The van der Waals surface area contributed by atoms with Crippen LogP contribution in [0, 0.1) is 6.92 Å². The Balaban J connectivity index is 1.73. The molecule has 2 aromatic rings. The van der Waals surface area contributed by atoms with E-state index in [2.05, 4.69) is 0 Å². The van der Waals surface area contributed by atoms with E-state index in [-0.39, 0.29) is 17.9 Å². The van der Waals surface area contributed by atoms with Crippen molar-refractivity contribution in [3.05, 3.63) is 64.7 Å². The minimum Gasteiger partial charge on any atom is -0.507 e. The topological polar surface area (TPSA) is 93.1 Å². The van der Waals surface area contributed by atoms with E-state index in [0.29, 0.717) is 6.42 Å². The van der Waals surface area contributed by atoms with Crippen molar-refractivity contribution in [3.63, 3.8) is 0 Å². The maximum absolute atomic E-state index is 12.7. The zero-order chi connectivity index (χ0) is 20.3. The number of amides is 1. The SMILES string of the molecule is COC(=O)[C@@H]1Cc2ccccc2CN1C(=O)COC(=O)c1cc(C)ccc1O. The Morgan fingerprint density at radius 3 is 2.57 bits per heavy atom. The van der Waals surface area contributed by atoms with Crippen molar-refractivity contribution < 1.29 is 29.0 Å². The molecule has 0 saturated carbocycles. The number of carbonyl (C=O) groups is 3. The molecule has 0 saturated heterocycles. The predicted octanol–water partition coefficient (Wildman–Crippen LogP) is 1.98. The highest BCUT2D eigenvalue weighted by molar-refractivity contribution is 5.94. The number of ether oxygens (including phenoxy) is 2. The second-order valence-corrected chi connectivity index (χ2v) is 6.63. The standard InChI is InChI=1S/C21H21NO6/c1-13-7-8-18(23)16(9-13)20(25)28-12-19(24)22-11-15-6-4-3-5-14(15)10-17(22)21(26)27-2/h3-9,17,23H,10-12H2,1-2H3/t17-/m0/s1. The molecule has 1 atom stereocenters. The zero-order valence-electron chi connectivity index (χ0n) is 15.7. The number of benzene rings is 2. The molecule has 0 aliphatic carbocycles. The van der Waals surface area contributed by atoms with Gasteiger partial charge in [0.05, 0.1) is 7.11 Å². The van der Waals surface area contributed by atoms with E-state index < -0.39 is 30.5 Å². The number of nitrogens with zero attached hydrogens (tertiary/aromatic N) is 1. The molecule has 0 unspecified atom stereocenters. The van der Waals surface area contributed by atoms with Crippen molar-refractivity contribution in [3.8, 4) is 5.75 Å². The fraction of sp³-hybridized carbons (Fsp3) is 0.286. The zero-order valence-corrected chi connectivity index (χ0v) is 15.7. The van der Waals surface area contributed by atoms with Gasteiger partial charge < -0.3 is 19.5 Å². The lowest BCUT2D eigenvalue weighted by atomic mass is 9.94. The maximum Gasteiger partial charge on any atom is 0.342 e. The third kappa shape index (κ3) is 3.98. The van der Waals surface area contributed by atoms with Gasteiger partial charge in [-0.1, -0.05) is 35.9 Å². The number of aromatic hydroxyl groups is 1. The van der Waals surface area contributed by atoms with Crippen LogP contribution in [-0.2, 0) is 32.0 Å². The van der Waals surface area contributed by atoms with Crippen LogP contribution in [-0.4, -0.2) is 47.6 Å². The van der Waals surface area contributed by atoms with E-state index in [9.17, 15) is 19.5 Å². The van der Waals surface area contributed by atoms with E-state index in [0.717, 1.165) is 16.7 Å². The van der Waals surface area contributed by atoms with Crippen LogP contribution >= 0.6 is 0 Å². The normalized spacial score (nSPS) is 15.5. The summed E-state index contributed by atoms with van der Waals surface area (Å²) in [6.45, 7) is 1.46. The molecule has 1 aliphatic rings. The monoisotopic (exact) mass is 383 g/mol. The molecule has 3 rings (SSSR count). The Kier molecular flexibility index (Phi) is 5.63. The van der Waals surface area contributed by atoms with Crippen LogP contribution in [0.25, 0.3) is 0 Å². The van der Waals surface area contributed by atoms with Crippen molar-refractivity contribution in [1.29, 1.82) is 0 Å². The number of fused-ring (bicyclic) bond motifs is 1. The van der Waals surface area contributed by atoms with Crippen molar-refractivity contribution in [2.24, 2.45) is 0 Å². The highest BCUT2D eigenvalue weighted by Gasteiger charge is 2.35. The van der Waals surface area contributed by atoms with E-state index in [1.807, 2.05) is 24.3 Å². The summed E-state index contributed by atoms with van der Waals surface area (Å²) >= 11 is 0. The van der Waals surface area contributed by atoms with Gasteiger partial charge in [0.25, 0.3) is 5.91 Å². The molecule has 1 amide bonds. The van der Waals surface area contributed by atoms with Crippen LogP contribution in [0.3, 0.4) is 0 Å². The Labute approximate surface area is 162 Å². The summed E-state index contributed by atoms with van der Waals surface area (Å²) in [5.74, 6) is -2.06. The van der Waals surface area contributed by atoms with E-state index in [4.69, 9.17) is 9.47 Å². The quantitative estimate of drug-likeness (QED) is 0.812. The van der Waals surface area contributed by atoms with Gasteiger partial charge in [0.1, 0.15) is 17.4 Å². The summed E-state index contributed by atoms with van der Waals surface area (Å²) in [4.78, 5) is 38.5. The number of methoxy groups -OCH3 is 1. The Bertz CT molecular complexity index is 923. The molecular weight excluding hydrogens is 362 g/mol. The second kappa shape index (κ2) is 8.12. The molecule has 0 fully saturated rings. The van der Waals surface area contributed by atoms with Gasteiger partial charge in [-0.05, 0) is 30.2 Å². The lowest BCUT2D eigenvalue weighted by Gasteiger charge is -2.35. The summed E-state index contributed by atoms with van der Waals surface area (Å²) in [5.41, 5.74) is 2.66. The molecule has 0 aromatic heterocycles. The minimum absolute atomic E-state index is 0.0127. The first-order valence-corrected chi connectivity index (χ1v) is 8.81. The van der Waals surface area contributed by atoms with Crippen molar-refractivity contribution in [2.45, 2.75) is 25.9 Å². The number of phenols is 1. The summed E-state index contributed by atoms with van der Waals surface area (Å²) in [6, 6.07) is 11.3. The molecule has 146 valence electrons. The number of hydrogen-bond acceptors (Lipinski definition) is 6. The average molecular weight is 383 g/mol. The smallest absolute Gasteiger partial charge is 0.342 e. The van der Waals surface area contributed by atoms with E-state index >= 15 is 0 Å².